The topological polar surface area (TPSA) is 111 Å². The second-order valence-electron chi connectivity index (χ2n) is 8.74. The third-order valence-electron chi connectivity index (χ3n) is 4.95. The Morgan fingerprint density at radius 2 is 1.80 bits per heavy atom. The van der Waals surface area contributed by atoms with E-state index in [4.69, 9.17) is 8.37 Å². The summed E-state index contributed by atoms with van der Waals surface area (Å²) in [5.74, 6) is -1.44. The van der Waals surface area contributed by atoms with Crippen LogP contribution < -0.4 is 13.1 Å². The molecule has 2 N–H and O–H groups in total. The van der Waals surface area contributed by atoms with Crippen molar-refractivity contribution in [2.24, 2.45) is 0 Å². The number of aryl methyl sites for hydroxylation is 1. The van der Waals surface area contributed by atoms with E-state index >= 15 is 0 Å². The Bertz CT molecular complexity index is 1430. The summed E-state index contributed by atoms with van der Waals surface area (Å²) in [6.45, 7) is 7.94. The van der Waals surface area contributed by atoms with Crippen LogP contribution >= 0.6 is 0 Å². The highest BCUT2D eigenvalue weighted by Gasteiger charge is 2.20. The minimum atomic E-state index is -2.18. The first kappa shape index (κ1) is 24.8. The summed E-state index contributed by atoms with van der Waals surface area (Å²) in [6.07, 6.45) is 0. The van der Waals surface area contributed by atoms with Crippen LogP contribution in [0.5, 0.6) is 11.5 Å². The number of H-pyrrole nitrogens is 1. The van der Waals surface area contributed by atoms with Gasteiger partial charge in [0.25, 0.3) is 0 Å². The average Bonchev–Trinajstić information content (AvgIpc) is 3.35. The molecule has 13 heteroatoms. The van der Waals surface area contributed by atoms with Gasteiger partial charge in [0.1, 0.15) is 17.3 Å². The fourth-order valence-corrected chi connectivity index (χ4v) is 4.53. The maximum absolute atomic E-state index is 13.7. The third kappa shape index (κ3) is 5.85. The molecule has 0 saturated heterocycles. The average molecular weight is 524 g/mol. The number of rotatable bonds is 8. The molecule has 0 amide bonds. The zero-order chi connectivity index (χ0) is 25.3. The van der Waals surface area contributed by atoms with Crippen LogP contribution in [-0.2, 0) is 33.5 Å². The van der Waals surface area contributed by atoms with Crippen molar-refractivity contribution in [3.8, 4) is 11.5 Å². The first-order valence-corrected chi connectivity index (χ1v) is 12.7. The molecule has 4 aromatic rings. The molecule has 0 aliphatic rings. The maximum atomic E-state index is 13.7. The molecule has 2 aromatic heterocycles. The minimum absolute atomic E-state index is 0.0265. The number of fused-ring (bicyclic) bond motifs is 1. The summed E-state index contributed by atoms with van der Waals surface area (Å²) in [5, 5.41) is 11.4. The Morgan fingerprint density at radius 3 is 2.51 bits per heavy atom. The summed E-state index contributed by atoms with van der Waals surface area (Å²) < 4.78 is 66.5. The predicted molar refractivity (Wildman–Crippen MR) is 128 cm³/mol. The first-order chi connectivity index (χ1) is 16.5. The summed E-state index contributed by atoms with van der Waals surface area (Å²) in [6, 6.07) is 9.29. The number of anilines is 1. The van der Waals surface area contributed by atoms with Crippen molar-refractivity contribution in [3.05, 3.63) is 71.2 Å². The lowest BCUT2D eigenvalue weighted by Crippen LogP contribution is -2.13. The number of halogens is 2. The molecule has 0 fully saturated rings. The molecule has 9 nitrogen and oxygen atoms in total. The van der Waals surface area contributed by atoms with Crippen LogP contribution in [0.25, 0.3) is 5.65 Å². The fourth-order valence-electron chi connectivity index (χ4n) is 3.04. The molecule has 186 valence electrons. The van der Waals surface area contributed by atoms with Crippen LogP contribution in [0.15, 0.2) is 42.5 Å². The molecule has 0 radical (unpaired) electrons. The first-order valence-electron chi connectivity index (χ1n) is 10.4. The Balaban J connectivity index is 1.43. The number of hydrogen-bond donors (Lipinski definition) is 2. The number of aromatic amines is 1. The van der Waals surface area contributed by atoms with Crippen LogP contribution in [0.3, 0.4) is 0 Å². The second kappa shape index (κ2) is 9.74. The van der Waals surface area contributed by atoms with E-state index in [2.05, 4.69) is 40.8 Å². The van der Waals surface area contributed by atoms with Crippen LogP contribution in [0.4, 0.5) is 14.5 Å². The van der Waals surface area contributed by atoms with Crippen LogP contribution in [0.2, 0.25) is 0 Å². The zero-order valence-electron chi connectivity index (χ0n) is 19.3. The van der Waals surface area contributed by atoms with E-state index in [-0.39, 0.29) is 22.7 Å². The molecular formula is C22H23F2N5O4S2. The highest BCUT2D eigenvalue weighted by Crippen LogP contribution is 2.26. The van der Waals surface area contributed by atoms with Crippen molar-refractivity contribution in [3.63, 3.8) is 0 Å². The van der Waals surface area contributed by atoms with E-state index in [9.17, 15) is 17.2 Å². The van der Waals surface area contributed by atoms with Crippen molar-refractivity contribution in [2.75, 3.05) is 4.72 Å². The Hall–Kier alpha value is -3.32. The standard InChI is InChI=1S/C22H23F2N5O4S2/c1-13-5-7-15(28-35(31)33-17-8-6-14(23)9-16(17)24)10-18(13)32-34(30)12-21-26-25-20-11-19(22(2,3)4)27-29(20)21/h5-11,27-28H,12H2,1-4H3. The van der Waals surface area contributed by atoms with Gasteiger partial charge in [-0.1, -0.05) is 26.8 Å². The number of nitrogens with one attached hydrogen (secondary N) is 2. The van der Waals surface area contributed by atoms with Crippen molar-refractivity contribution >= 4 is 33.7 Å². The molecule has 0 saturated carbocycles. The van der Waals surface area contributed by atoms with Gasteiger partial charge >= 0.3 is 11.3 Å². The van der Waals surface area contributed by atoms with Gasteiger partial charge in [-0.05, 0) is 30.7 Å². The van der Waals surface area contributed by atoms with Crippen molar-refractivity contribution in [1.29, 1.82) is 0 Å². The lowest BCUT2D eigenvalue weighted by molar-refractivity contribution is 0.503. The van der Waals surface area contributed by atoms with Gasteiger partial charge in [0.05, 0.1) is 5.69 Å². The molecule has 0 aliphatic carbocycles. The lowest BCUT2D eigenvalue weighted by Gasteiger charge is -2.15. The van der Waals surface area contributed by atoms with Gasteiger partial charge in [0.15, 0.2) is 23.0 Å². The van der Waals surface area contributed by atoms with Crippen molar-refractivity contribution in [2.45, 2.75) is 38.9 Å². The van der Waals surface area contributed by atoms with Gasteiger partial charge in [0.2, 0.25) is 11.1 Å². The molecule has 2 unspecified atom stereocenters. The van der Waals surface area contributed by atoms with Gasteiger partial charge in [-0.2, -0.15) is 4.21 Å². The molecule has 0 aliphatic heterocycles. The zero-order valence-corrected chi connectivity index (χ0v) is 20.9. The van der Waals surface area contributed by atoms with Gasteiger partial charge in [-0.25, -0.2) is 17.5 Å². The van der Waals surface area contributed by atoms with Crippen LogP contribution in [0, 0.1) is 18.6 Å². The molecule has 0 bridgehead atoms. The summed E-state index contributed by atoms with van der Waals surface area (Å²) >= 11 is -3.98. The summed E-state index contributed by atoms with van der Waals surface area (Å²) in [5.41, 5.74) is 2.45. The molecule has 4 rings (SSSR count). The van der Waals surface area contributed by atoms with Crippen molar-refractivity contribution < 1.29 is 25.6 Å². The Kier molecular flexibility index (Phi) is 6.90. The third-order valence-corrected chi connectivity index (χ3v) is 6.54. The van der Waals surface area contributed by atoms with E-state index < -0.39 is 34.0 Å². The smallest absolute Gasteiger partial charge is 0.316 e. The summed E-state index contributed by atoms with van der Waals surface area (Å²) in [4.78, 5) is 0. The number of nitrogens with zero attached hydrogens (tertiary/aromatic N) is 3. The lowest BCUT2D eigenvalue weighted by atomic mass is 9.93. The molecule has 0 spiro atoms. The minimum Gasteiger partial charge on any atom is -0.400 e. The Labute approximate surface area is 205 Å². The molecule has 2 heterocycles. The second-order valence-corrected chi connectivity index (χ2v) is 10.6. The fraction of sp³-hybridized carbons (Fsp3) is 0.273. The van der Waals surface area contributed by atoms with Gasteiger partial charge in [-0.15, -0.1) is 10.2 Å². The monoisotopic (exact) mass is 523 g/mol. The number of aromatic nitrogens is 4. The normalized spacial score (nSPS) is 13.5. The van der Waals surface area contributed by atoms with E-state index in [1.807, 2.05) is 6.07 Å². The van der Waals surface area contributed by atoms with E-state index in [0.717, 1.165) is 17.8 Å². The maximum Gasteiger partial charge on any atom is 0.316 e. The highest BCUT2D eigenvalue weighted by molar-refractivity contribution is 7.82. The largest absolute Gasteiger partial charge is 0.400 e. The van der Waals surface area contributed by atoms with Crippen LogP contribution in [0.1, 0.15) is 37.9 Å². The van der Waals surface area contributed by atoms with E-state index in [1.165, 1.54) is 6.07 Å². The van der Waals surface area contributed by atoms with Gasteiger partial charge in [-0.3, -0.25) is 9.82 Å². The molecular weight excluding hydrogens is 500 g/mol. The number of benzene rings is 2. The van der Waals surface area contributed by atoms with Crippen molar-refractivity contribution in [1.82, 2.24) is 19.8 Å². The molecule has 2 atom stereocenters. The quantitative estimate of drug-likeness (QED) is 0.357. The highest BCUT2D eigenvalue weighted by atomic mass is 32.2. The van der Waals surface area contributed by atoms with Crippen LogP contribution in [-0.4, -0.2) is 28.2 Å². The number of hydrogen-bond acceptors (Lipinski definition) is 6. The summed E-state index contributed by atoms with van der Waals surface area (Å²) in [7, 11) is 0. The van der Waals surface area contributed by atoms with Gasteiger partial charge < -0.3 is 8.37 Å². The van der Waals surface area contributed by atoms with E-state index in [1.54, 1.807) is 23.6 Å². The SMILES string of the molecule is Cc1ccc(NS(=O)Oc2ccc(F)cc2F)cc1OS(=O)Cc1nnc2cc(C(C)(C)C)[nH]n12. The van der Waals surface area contributed by atoms with E-state index in [0.29, 0.717) is 28.8 Å². The molecule has 2 aromatic carbocycles. The Morgan fingerprint density at radius 1 is 1.03 bits per heavy atom. The molecule has 35 heavy (non-hydrogen) atoms. The van der Waals surface area contributed by atoms with Gasteiger partial charge in [0, 0.05) is 29.3 Å². The predicted octanol–water partition coefficient (Wildman–Crippen LogP) is 4.25.